The van der Waals surface area contributed by atoms with Crippen molar-refractivity contribution >= 4 is 24.9 Å². The van der Waals surface area contributed by atoms with Gasteiger partial charge in [-0.25, -0.2) is 4.79 Å². The number of carbonyl (C=O) groups excluding carboxylic acids is 2. The summed E-state index contributed by atoms with van der Waals surface area (Å²) in [6, 6.07) is 2.65. The molecule has 33 heavy (non-hydrogen) atoms. The second-order valence-corrected chi connectivity index (χ2v) is 8.81. The van der Waals surface area contributed by atoms with Gasteiger partial charge < -0.3 is 40.1 Å². The quantitative estimate of drug-likeness (QED) is 0.294. The number of ether oxygens (including phenoxy) is 1. The van der Waals surface area contributed by atoms with Crippen molar-refractivity contribution in [1.29, 1.82) is 0 Å². The number of nitrogens with one attached hydrogen (secondary N) is 1. The molecule has 2 amide bonds. The normalized spacial score (nSPS) is 20.3. The molecule has 0 bridgehead atoms. The predicted molar refractivity (Wildman–Crippen MR) is 118 cm³/mol. The van der Waals surface area contributed by atoms with E-state index in [2.05, 4.69) is 5.32 Å². The van der Waals surface area contributed by atoms with Crippen LogP contribution in [-0.4, -0.2) is 101 Å². The Labute approximate surface area is 192 Å². The van der Waals surface area contributed by atoms with E-state index in [0.29, 0.717) is 32.5 Å². The van der Waals surface area contributed by atoms with Gasteiger partial charge in [0.05, 0.1) is 19.1 Å². The van der Waals surface area contributed by atoms with Gasteiger partial charge in [0.1, 0.15) is 23.2 Å². The molecule has 0 aliphatic carbocycles. The van der Waals surface area contributed by atoms with Crippen LogP contribution in [-0.2, 0) is 16.0 Å². The zero-order valence-electron chi connectivity index (χ0n) is 18.7. The highest BCUT2D eigenvalue weighted by Crippen LogP contribution is 2.34. The molecule has 1 aromatic rings. The lowest BCUT2D eigenvalue weighted by Gasteiger charge is -2.39. The summed E-state index contributed by atoms with van der Waals surface area (Å²) >= 11 is 0. The van der Waals surface area contributed by atoms with E-state index in [-0.39, 0.29) is 47.8 Å². The molecule has 1 unspecified atom stereocenters. The number of likely N-dealkylation sites (tertiary alicyclic amines) is 1. The zero-order valence-corrected chi connectivity index (χ0v) is 18.7. The van der Waals surface area contributed by atoms with Crippen LogP contribution in [0.5, 0.6) is 11.5 Å². The molecular weight excluding hydrogens is 433 g/mol. The zero-order chi connectivity index (χ0) is 24.3. The van der Waals surface area contributed by atoms with Crippen molar-refractivity contribution in [2.24, 2.45) is 5.92 Å². The Morgan fingerprint density at radius 3 is 2.55 bits per heavy atom. The van der Waals surface area contributed by atoms with Crippen molar-refractivity contribution in [1.82, 2.24) is 15.1 Å². The third kappa shape index (κ3) is 5.95. The third-order valence-electron chi connectivity index (χ3n) is 6.03. The van der Waals surface area contributed by atoms with Crippen molar-refractivity contribution in [3.8, 4) is 11.5 Å². The summed E-state index contributed by atoms with van der Waals surface area (Å²) in [5.74, 6) is -1.81. The molecule has 2 atom stereocenters. The van der Waals surface area contributed by atoms with Crippen molar-refractivity contribution in [2.45, 2.75) is 37.7 Å². The lowest BCUT2D eigenvalue weighted by Crippen LogP contribution is -2.56. The van der Waals surface area contributed by atoms with Gasteiger partial charge in [0.15, 0.2) is 0 Å². The molecule has 2 heterocycles. The standard InChI is InChI=1S/C21H30BN3O8/c1-24(2)20(28)15-7-12(9-23-15)8-17(26)25-10-14(11-25)33-16-4-3-13(5-6-22(31)32)19(27)18(16)21(29)30/h3-4,12,14-15,23,27,31-32H,5-11H2,1-2H3,(H,29,30)/t12-,15?/m0/s1. The molecule has 2 saturated heterocycles. The molecule has 2 fully saturated rings. The maximum absolute atomic E-state index is 12.6. The number of hydrogen-bond acceptors (Lipinski definition) is 8. The second kappa shape index (κ2) is 10.4. The Bertz CT molecular complexity index is 904. The van der Waals surface area contributed by atoms with E-state index in [1.807, 2.05) is 0 Å². The molecule has 0 saturated carbocycles. The van der Waals surface area contributed by atoms with Gasteiger partial charge in [-0.3, -0.25) is 9.59 Å². The molecule has 11 nitrogen and oxygen atoms in total. The summed E-state index contributed by atoms with van der Waals surface area (Å²) < 4.78 is 5.73. The van der Waals surface area contributed by atoms with E-state index in [1.165, 1.54) is 17.0 Å². The van der Waals surface area contributed by atoms with E-state index in [9.17, 15) is 24.6 Å². The number of amides is 2. The number of hydrogen-bond donors (Lipinski definition) is 5. The summed E-state index contributed by atoms with van der Waals surface area (Å²) in [6.07, 6.45) is 0.571. The molecule has 0 radical (unpaired) electrons. The molecule has 12 heteroatoms. The number of carbonyl (C=O) groups is 3. The number of phenols is 1. The van der Waals surface area contributed by atoms with Gasteiger partial charge >= 0.3 is 13.1 Å². The van der Waals surface area contributed by atoms with E-state index >= 15 is 0 Å². The maximum Gasteiger partial charge on any atom is 0.451 e. The monoisotopic (exact) mass is 463 g/mol. The van der Waals surface area contributed by atoms with E-state index in [0.717, 1.165) is 0 Å². The van der Waals surface area contributed by atoms with Crippen molar-refractivity contribution in [3.05, 3.63) is 23.3 Å². The van der Waals surface area contributed by atoms with E-state index in [4.69, 9.17) is 14.8 Å². The van der Waals surface area contributed by atoms with Gasteiger partial charge in [-0.15, -0.1) is 0 Å². The average molecular weight is 463 g/mol. The highest BCUT2D eigenvalue weighted by molar-refractivity contribution is 6.41. The first-order valence-electron chi connectivity index (χ1n) is 10.9. The first-order chi connectivity index (χ1) is 15.6. The SMILES string of the molecule is CN(C)C(=O)C1C[C@@H](CC(=O)N2CC(Oc3ccc(CCB(O)O)c(O)c3C(=O)O)C2)CN1. The first-order valence-corrected chi connectivity index (χ1v) is 10.9. The minimum Gasteiger partial charge on any atom is -0.507 e. The highest BCUT2D eigenvalue weighted by atomic mass is 16.5. The number of nitrogens with zero attached hydrogens (tertiary/aromatic N) is 2. The van der Waals surface area contributed by atoms with Crippen LogP contribution in [0.15, 0.2) is 12.1 Å². The summed E-state index contributed by atoms with van der Waals surface area (Å²) in [6.45, 7) is 1.21. The van der Waals surface area contributed by atoms with Crippen LogP contribution < -0.4 is 10.1 Å². The van der Waals surface area contributed by atoms with Crippen LogP contribution in [0.4, 0.5) is 0 Å². The molecule has 0 spiro atoms. The second-order valence-electron chi connectivity index (χ2n) is 8.81. The number of carboxylic acid groups (broad SMARTS) is 1. The summed E-state index contributed by atoms with van der Waals surface area (Å²) in [4.78, 5) is 39.4. The highest BCUT2D eigenvalue weighted by Gasteiger charge is 2.37. The first kappa shape index (κ1) is 24.8. The van der Waals surface area contributed by atoms with Crippen molar-refractivity contribution in [2.75, 3.05) is 33.7 Å². The lowest BCUT2D eigenvalue weighted by molar-refractivity contribution is -0.141. The summed E-state index contributed by atoms with van der Waals surface area (Å²) in [7, 11) is 1.84. The molecule has 3 rings (SSSR count). The molecule has 1 aromatic carbocycles. The number of aromatic carboxylic acids is 1. The van der Waals surface area contributed by atoms with Gasteiger partial charge in [-0.1, -0.05) is 6.07 Å². The van der Waals surface area contributed by atoms with E-state index in [1.54, 1.807) is 19.0 Å². The third-order valence-corrected chi connectivity index (χ3v) is 6.03. The van der Waals surface area contributed by atoms with Gasteiger partial charge in [0.25, 0.3) is 0 Å². The molecule has 180 valence electrons. The Morgan fingerprint density at radius 2 is 1.94 bits per heavy atom. The van der Waals surface area contributed by atoms with Crippen LogP contribution in [0.25, 0.3) is 0 Å². The van der Waals surface area contributed by atoms with Crippen LogP contribution in [0.3, 0.4) is 0 Å². The van der Waals surface area contributed by atoms with Gasteiger partial charge in [0.2, 0.25) is 11.8 Å². The number of rotatable bonds is 9. The Morgan fingerprint density at radius 1 is 1.24 bits per heavy atom. The lowest BCUT2D eigenvalue weighted by atomic mass is 9.82. The summed E-state index contributed by atoms with van der Waals surface area (Å²) in [5.41, 5.74) is -0.118. The molecule has 2 aliphatic rings. The van der Waals surface area contributed by atoms with Crippen molar-refractivity contribution in [3.63, 3.8) is 0 Å². The number of benzene rings is 1. The molecule has 0 aromatic heterocycles. The number of aromatic hydroxyl groups is 1. The Kier molecular flexibility index (Phi) is 7.82. The number of likely N-dealkylation sites (N-methyl/N-ethyl adjacent to an activating group) is 1. The largest absolute Gasteiger partial charge is 0.507 e. The molecule has 5 N–H and O–H groups in total. The van der Waals surface area contributed by atoms with E-state index < -0.39 is 30.5 Å². The van der Waals surface area contributed by atoms with Gasteiger partial charge in [0, 0.05) is 20.5 Å². The smallest absolute Gasteiger partial charge is 0.451 e. The molecule has 2 aliphatic heterocycles. The minimum atomic E-state index is -1.56. The van der Waals surface area contributed by atoms with Gasteiger partial charge in [-0.2, -0.15) is 0 Å². The van der Waals surface area contributed by atoms with Crippen LogP contribution >= 0.6 is 0 Å². The fourth-order valence-electron chi connectivity index (χ4n) is 4.14. The predicted octanol–water partition coefficient (Wildman–Crippen LogP) is -0.848. The van der Waals surface area contributed by atoms with Crippen LogP contribution in [0.2, 0.25) is 6.32 Å². The fraction of sp³-hybridized carbons (Fsp3) is 0.571. The van der Waals surface area contributed by atoms with Gasteiger partial charge in [-0.05, 0) is 43.3 Å². The summed E-state index contributed by atoms with van der Waals surface area (Å²) in [5, 5.41) is 41.0. The molecular formula is C21H30BN3O8. The van der Waals surface area contributed by atoms with Crippen LogP contribution in [0.1, 0.15) is 28.8 Å². The minimum absolute atomic E-state index is 0.00147. The van der Waals surface area contributed by atoms with Crippen molar-refractivity contribution < 1.29 is 39.4 Å². The Hall–Kier alpha value is -2.83. The maximum atomic E-state index is 12.6. The fourth-order valence-corrected chi connectivity index (χ4v) is 4.14. The number of aryl methyl sites for hydroxylation is 1. The Balaban J connectivity index is 1.52. The van der Waals surface area contributed by atoms with Crippen LogP contribution in [0, 0.1) is 5.92 Å². The topological polar surface area (TPSA) is 160 Å². The average Bonchev–Trinajstić information content (AvgIpc) is 3.16. The number of carboxylic acids is 1.